The minimum Gasteiger partial charge on any atom is -0.461 e. The van der Waals surface area contributed by atoms with Crippen LogP contribution in [0.25, 0.3) is 23.0 Å². The van der Waals surface area contributed by atoms with E-state index < -0.39 is 0 Å². The summed E-state index contributed by atoms with van der Waals surface area (Å²) >= 11 is 0. The maximum Gasteiger partial charge on any atom is 0.241 e. The van der Waals surface area contributed by atoms with Gasteiger partial charge in [0.05, 0.1) is 18.5 Å². The van der Waals surface area contributed by atoms with Gasteiger partial charge in [-0.2, -0.15) is 4.98 Å². The maximum atomic E-state index is 5.43. The van der Waals surface area contributed by atoms with Gasteiger partial charge in [-0.3, -0.25) is 4.90 Å². The van der Waals surface area contributed by atoms with Gasteiger partial charge in [0.15, 0.2) is 11.6 Å². The first-order valence-electron chi connectivity index (χ1n) is 8.84. The third-order valence-electron chi connectivity index (χ3n) is 4.61. The van der Waals surface area contributed by atoms with Crippen molar-refractivity contribution in [1.29, 1.82) is 0 Å². The summed E-state index contributed by atoms with van der Waals surface area (Å²) in [6.07, 6.45) is 4.37. The second-order valence-corrected chi connectivity index (χ2v) is 6.48. The summed E-state index contributed by atoms with van der Waals surface area (Å²) in [5, 5.41) is 4.09. The molecule has 1 aliphatic heterocycles. The number of aromatic nitrogens is 4. The minimum absolute atomic E-state index is 0.610. The van der Waals surface area contributed by atoms with Crippen LogP contribution in [0, 0.1) is 0 Å². The molecule has 0 spiro atoms. The monoisotopic (exact) mass is 359 g/mol. The highest BCUT2D eigenvalue weighted by Gasteiger charge is 2.21. The molecule has 4 aromatic rings. The van der Waals surface area contributed by atoms with Gasteiger partial charge in [-0.1, -0.05) is 35.5 Å². The third-order valence-corrected chi connectivity index (χ3v) is 4.61. The fourth-order valence-electron chi connectivity index (χ4n) is 3.25. The molecule has 0 radical (unpaired) electrons. The first-order chi connectivity index (χ1) is 13.3. The topological polar surface area (TPSA) is 81.1 Å². The Morgan fingerprint density at radius 2 is 1.93 bits per heavy atom. The van der Waals surface area contributed by atoms with Crippen LogP contribution >= 0.6 is 0 Å². The van der Waals surface area contributed by atoms with E-state index in [-0.39, 0.29) is 0 Å². The summed E-state index contributed by atoms with van der Waals surface area (Å²) in [4.78, 5) is 15.9. The van der Waals surface area contributed by atoms with Crippen LogP contribution < -0.4 is 0 Å². The van der Waals surface area contributed by atoms with Crippen molar-refractivity contribution in [2.45, 2.75) is 19.5 Å². The molecule has 1 aromatic carbocycles. The van der Waals surface area contributed by atoms with E-state index in [0.29, 0.717) is 29.8 Å². The summed E-state index contributed by atoms with van der Waals surface area (Å²) < 4.78 is 10.8. The van der Waals surface area contributed by atoms with Gasteiger partial charge < -0.3 is 8.94 Å². The summed E-state index contributed by atoms with van der Waals surface area (Å²) in [6.45, 7) is 2.25. The smallest absolute Gasteiger partial charge is 0.241 e. The zero-order valence-electron chi connectivity index (χ0n) is 14.6. The summed E-state index contributed by atoms with van der Waals surface area (Å²) in [5.41, 5.74) is 3.15. The quantitative estimate of drug-likeness (QED) is 0.553. The van der Waals surface area contributed by atoms with Crippen LogP contribution in [-0.4, -0.2) is 31.6 Å². The molecule has 0 aliphatic carbocycles. The van der Waals surface area contributed by atoms with E-state index in [2.05, 4.69) is 25.0 Å². The Morgan fingerprint density at radius 3 is 2.78 bits per heavy atom. The van der Waals surface area contributed by atoms with E-state index in [1.807, 2.05) is 48.7 Å². The van der Waals surface area contributed by atoms with Crippen LogP contribution in [0.15, 0.2) is 63.9 Å². The van der Waals surface area contributed by atoms with Crippen LogP contribution in [0.2, 0.25) is 0 Å². The lowest BCUT2D eigenvalue weighted by molar-refractivity contribution is 0.208. The molecule has 0 atom stereocenters. The Hall–Kier alpha value is -3.32. The van der Waals surface area contributed by atoms with E-state index >= 15 is 0 Å². The molecule has 0 fully saturated rings. The van der Waals surface area contributed by atoms with E-state index in [9.17, 15) is 0 Å². The lowest BCUT2D eigenvalue weighted by Gasteiger charge is -2.26. The molecule has 0 amide bonds. The van der Waals surface area contributed by atoms with Gasteiger partial charge in [-0.05, 0) is 12.1 Å². The van der Waals surface area contributed by atoms with Crippen LogP contribution in [0.5, 0.6) is 0 Å². The number of furan rings is 1. The van der Waals surface area contributed by atoms with Crippen molar-refractivity contribution in [2.24, 2.45) is 0 Å². The number of hydrogen-bond acceptors (Lipinski definition) is 7. The van der Waals surface area contributed by atoms with Gasteiger partial charge >= 0.3 is 0 Å². The normalized spacial score (nSPS) is 14.2. The predicted octanol–water partition coefficient (Wildman–Crippen LogP) is 3.34. The molecule has 0 bridgehead atoms. The number of fused-ring (bicyclic) bond motifs is 1. The second-order valence-electron chi connectivity index (χ2n) is 6.48. The number of nitrogens with zero attached hydrogens (tertiary/aromatic N) is 5. The Labute approximate surface area is 155 Å². The molecule has 0 saturated carbocycles. The number of benzene rings is 1. The van der Waals surface area contributed by atoms with Gasteiger partial charge in [-0.15, -0.1) is 0 Å². The van der Waals surface area contributed by atoms with E-state index in [1.54, 1.807) is 6.26 Å². The summed E-state index contributed by atoms with van der Waals surface area (Å²) in [6, 6.07) is 13.5. The highest BCUT2D eigenvalue weighted by molar-refractivity contribution is 5.53. The Bertz CT molecular complexity index is 1040. The molecular weight excluding hydrogens is 342 g/mol. The Balaban J connectivity index is 1.30. The van der Waals surface area contributed by atoms with Crippen molar-refractivity contribution < 1.29 is 8.94 Å². The molecule has 3 aromatic heterocycles. The fourth-order valence-corrected chi connectivity index (χ4v) is 3.25. The van der Waals surface area contributed by atoms with Crippen LogP contribution in [0.4, 0.5) is 0 Å². The molecule has 1 aliphatic rings. The molecule has 4 heterocycles. The van der Waals surface area contributed by atoms with Gasteiger partial charge in [0.25, 0.3) is 0 Å². The molecule has 27 heavy (non-hydrogen) atoms. The van der Waals surface area contributed by atoms with Crippen molar-refractivity contribution >= 4 is 0 Å². The molecule has 7 nitrogen and oxygen atoms in total. The molecule has 0 saturated heterocycles. The molecular formula is C20H17N5O2. The lowest BCUT2D eigenvalue weighted by atomic mass is 10.1. The Kier molecular flexibility index (Phi) is 3.99. The van der Waals surface area contributed by atoms with Crippen molar-refractivity contribution in [2.75, 3.05) is 6.54 Å². The highest BCUT2D eigenvalue weighted by Crippen LogP contribution is 2.23. The summed E-state index contributed by atoms with van der Waals surface area (Å²) in [7, 11) is 0. The van der Waals surface area contributed by atoms with Crippen molar-refractivity contribution in [1.82, 2.24) is 25.0 Å². The summed E-state index contributed by atoms with van der Waals surface area (Å²) in [5.74, 6) is 2.57. The van der Waals surface area contributed by atoms with Crippen molar-refractivity contribution in [3.8, 4) is 23.0 Å². The van der Waals surface area contributed by atoms with Gasteiger partial charge in [0, 0.05) is 36.8 Å². The average molecular weight is 359 g/mol. The molecule has 134 valence electrons. The molecule has 0 unspecified atom stereocenters. The number of hydrogen-bond donors (Lipinski definition) is 0. The zero-order chi connectivity index (χ0) is 18.1. The SMILES string of the molecule is c1ccc(-c2noc(CN3CCc4nc(-c5ccco5)ncc4C3)n2)cc1. The average Bonchev–Trinajstić information content (AvgIpc) is 3.41. The first kappa shape index (κ1) is 15.9. The first-order valence-corrected chi connectivity index (χ1v) is 8.84. The molecule has 7 heteroatoms. The van der Waals surface area contributed by atoms with Crippen LogP contribution in [0.1, 0.15) is 17.1 Å². The van der Waals surface area contributed by atoms with Crippen molar-refractivity contribution in [3.05, 3.63) is 72.1 Å². The van der Waals surface area contributed by atoms with Gasteiger partial charge in [0.2, 0.25) is 11.7 Å². The van der Waals surface area contributed by atoms with Gasteiger partial charge in [-0.25, -0.2) is 9.97 Å². The predicted molar refractivity (Wildman–Crippen MR) is 97.3 cm³/mol. The number of rotatable bonds is 4. The van der Waals surface area contributed by atoms with Gasteiger partial charge in [0.1, 0.15) is 0 Å². The minimum atomic E-state index is 0.610. The standard InChI is InChI=1S/C20H17N5O2/c1-2-5-14(6-3-1)19-23-18(27-24-19)13-25-9-8-16-15(12-25)11-21-20(22-16)17-7-4-10-26-17/h1-7,10-11H,8-9,12-13H2. The van der Waals surface area contributed by atoms with Crippen molar-refractivity contribution in [3.63, 3.8) is 0 Å². The third kappa shape index (κ3) is 3.24. The van der Waals surface area contributed by atoms with E-state index in [1.165, 1.54) is 0 Å². The van der Waals surface area contributed by atoms with Crippen LogP contribution in [-0.2, 0) is 19.5 Å². The highest BCUT2D eigenvalue weighted by atomic mass is 16.5. The second kappa shape index (κ2) is 6.77. The lowest BCUT2D eigenvalue weighted by Crippen LogP contribution is -2.31. The molecule has 5 rings (SSSR count). The zero-order valence-corrected chi connectivity index (χ0v) is 14.6. The maximum absolute atomic E-state index is 5.43. The molecule has 0 N–H and O–H groups in total. The fraction of sp³-hybridized carbons (Fsp3) is 0.200. The van der Waals surface area contributed by atoms with Crippen LogP contribution in [0.3, 0.4) is 0 Å². The van der Waals surface area contributed by atoms with E-state index in [0.717, 1.165) is 36.3 Å². The Morgan fingerprint density at radius 1 is 1.00 bits per heavy atom. The largest absolute Gasteiger partial charge is 0.461 e. The van der Waals surface area contributed by atoms with E-state index in [4.69, 9.17) is 8.94 Å².